The Hall–Kier alpha value is -3.58. The van der Waals surface area contributed by atoms with Gasteiger partial charge in [-0.1, -0.05) is 16.5 Å². The second kappa shape index (κ2) is 8.33. The molecule has 34 heavy (non-hydrogen) atoms. The van der Waals surface area contributed by atoms with E-state index in [-0.39, 0.29) is 17.9 Å². The summed E-state index contributed by atoms with van der Waals surface area (Å²) >= 11 is 1.34. The van der Waals surface area contributed by atoms with E-state index in [0.717, 1.165) is 10.6 Å². The van der Waals surface area contributed by atoms with Gasteiger partial charge in [0.1, 0.15) is 11.9 Å². The molecule has 13 heteroatoms. The maximum Gasteiger partial charge on any atom is 0.328 e. The minimum Gasteiger partial charge on any atom is -0.464 e. The average Bonchev–Trinajstić information content (AvgIpc) is 3.55. The number of carbonyl (C=O) groups excluding carboxylic acids is 2. The number of esters is 1. The molecule has 5 heterocycles. The second-order valence-corrected chi connectivity index (χ2v) is 9.19. The number of halogens is 1. The first-order valence-electron chi connectivity index (χ1n) is 10.7. The molecule has 2 N–H and O–H groups in total. The predicted molar refractivity (Wildman–Crippen MR) is 117 cm³/mol. The molecule has 3 aliphatic heterocycles. The van der Waals surface area contributed by atoms with Crippen molar-refractivity contribution < 1.29 is 28.0 Å². The van der Waals surface area contributed by atoms with Crippen LogP contribution < -0.4 is 15.5 Å². The number of urea groups is 1. The first-order valence-corrected chi connectivity index (χ1v) is 11.6. The van der Waals surface area contributed by atoms with E-state index >= 15 is 0 Å². The molecule has 2 aromatic heterocycles. The molecular formula is C21H19FN6O5S. The standard InChI is InChI=1S/C21H19FN6O5S/c22-11-3-1-10(2-4-11)17-25-21(33-27-17)28-12-7-14-16(15(28)9-31-8-12)34-20(24-14)26-19(30)23-13-5-6-32-18(13)29/h1-4,12-13,15H,5-9H2,(H2,23,24,26,30)/t12-,13+,15-/m0/s1. The summed E-state index contributed by atoms with van der Waals surface area (Å²) in [6.07, 6.45) is 1.02. The van der Waals surface area contributed by atoms with Crippen molar-refractivity contribution in [2.75, 3.05) is 30.0 Å². The van der Waals surface area contributed by atoms with Gasteiger partial charge in [0.25, 0.3) is 0 Å². The van der Waals surface area contributed by atoms with Crippen molar-refractivity contribution in [3.05, 3.63) is 40.7 Å². The van der Waals surface area contributed by atoms with E-state index in [4.69, 9.17) is 14.0 Å². The summed E-state index contributed by atoms with van der Waals surface area (Å²) in [7, 11) is 0. The van der Waals surface area contributed by atoms with Crippen molar-refractivity contribution in [2.24, 2.45) is 0 Å². The summed E-state index contributed by atoms with van der Waals surface area (Å²) < 4.78 is 29.5. The van der Waals surface area contributed by atoms with Crippen LogP contribution in [0.4, 0.5) is 20.3 Å². The molecule has 2 bridgehead atoms. The number of benzene rings is 1. The van der Waals surface area contributed by atoms with E-state index in [9.17, 15) is 14.0 Å². The Balaban J connectivity index is 1.22. The largest absolute Gasteiger partial charge is 0.464 e. The number of morpholine rings is 1. The predicted octanol–water partition coefficient (Wildman–Crippen LogP) is 2.27. The Morgan fingerprint density at radius 1 is 1.21 bits per heavy atom. The molecule has 176 valence electrons. The van der Waals surface area contributed by atoms with E-state index in [1.54, 1.807) is 12.1 Å². The Morgan fingerprint density at radius 2 is 2.06 bits per heavy atom. The third-order valence-electron chi connectivity index (χ3n) is 5.97. The lowest BCUT2D eigenvalue weighted by Gasteiger charge is -2.43. The summed E-state index contributed by atoms with van der Waals surface area (Å²) in [6.45, 7) is 1.17. The number of ether oxygens (including phenoxy) is 2. The lowest BCUT2D eigenvalue weighted by molar-refractivity contribution is -0.139. The van der Waals surface area contributed by atoms with Gasteiger partial charge in [0.05, 0.1) is 42.5 Å². The molecule has 0 unspecified atom stereocenters. The van der Waals surface area contributed by atoms with Crippen LogP contribution >= 0.6 is 11.3 Å². The van der Waals surface area contributed by atoms with Crippen molar-refractivity contribution in [3.63, 3.8) is 0 Å². The number of hydrogen-bond acceptors (Lipinski definition) is 10. The highest BCUT2D eigenvalue weighted by molar-refractivity contribution is 7.16. The number of cyclic esters (lactones) is 1. The fourth-order valence-electron chi connectivity index (χ4n) is 4.38. The molecule has 0 saturated carbocycles. The molecule has 6 rings (SSSR count). The van der Waals surface area contributed by atoms with Gasteiger partial charge in [0.2, 0.25) is 5.82 Å². The quantitative estimate of drug-likeness (QED) is 0.533. The van der Waals surface area contributed by atoms with E-state index in [2.05, 4.69) is 25.8 Å². The lowest BCUT2D eigenvalue weighted by atomic mass is 9.97. The highest BCUT2D eigenvalue weighted by Crippen LogP contribution is 2.43. The minimum atomic E-state index is -0.648. The van der Waals surface area contributed by atoms with Crippen LogP contribution in [0.2, 0.25) is 0 Å². The summed E-state index contributed by atoms with van der Waals surface area (Å²) in [4.78, 5) is 36.0. The van der Waals surface area contributed by atoms with Gasteiger partial charge in [0.15, 0.2) is 5.13 Å². The number of fused-ring (bicyclic) bond motifs is 4. The molecule has 0 aliphatic carbocycles. The number of aromatic nitrogens is 3. The van der Waals surface area contributed by atoms with Crippen LogP contribution in [0.15, 0.2) is 28.8 Å². The highest BCUT2D eigenvalue weighted by atomic mass is 32.1. The molecule has 3 aromatic rings. The van der Waals surface area contributed by atoms with Crippen molar-refractivity contribution in [3.8, 4) is 11.4 Å². The van der Waals surface area contributed by atoms with Crippen LogP contribution in [0.3, 0.4) is 0 Å². The molecular weight excluding hydrogens is 467 g/mol. The summed E-state index contributed by atoms with van der Waals surface area (Å²) in [5, 5.41) is 9.83. The van der Waals surface area contributed by atoms with Crippen molar-refractivity contribution in [2.45, 2.75) is 31.0 Å². The second-order valence-electron chi connectivity index (χ2n) is 8.16. The smallest absolute Gasteiger partial charge is 0.328 e. The van der Waals surface area contributed by atoms with Gasteiger partial charge >= 0.3 is 18.0 Å². The van der Waals surface area contributed by atoms with Crippen LogP contribution in [0.25, 0.3) is 11.4 Å². The normalized spacial score (nSPS) is 23.4. The van der Waals surface area contributed by atoms with Crippen LogP contribution in [-0.2, 0) is 20.7 Å². The first kappa shape index (κ1) is 21.0. The maximum atomic E-state index is 13.3. The number of thiazole rings is 1. The Kier molecular flexibility index (Phi) is 5.14. The summed E-state index contributed by atoms with van der Waals surface area (Å²) in [5.41, 5.74) is 1.53. The third kappa shape index (κ3) is 3.76. The molecule has 1 aromatic carbocycles. The van der Waals surface area contributed by atoms with Gasteiger partial charge < -0.3 is 24.2 Å². The summed E-state index contributed by atoms with van der Waals surface area (Å²) in [5.74, 6) is -0.405. The van der Waals surface area contributed by atoms with Gasteiger partial charge in [-0.2, -0.15) is 4.98 Å². The van der Waals surface area contributed by atoms with Gasteiger partial charge in [-0.25, -0.2) is 19.0 Å². The lowest BCUT2D eigenvalue weighted by Crippen LogP contribution is -2.51. The number of carbonyl (C=O) groups is 2. The molecule has 3 atom stereocenters. The highest BCUT2D eigenvalue weighted by Gasteiger charge is 2.43. The van der Waals surface area contributed by atoms with Crippen LogP contribution in [0.1, 0.15) is 23.0 Å². The molecule has 0 spiro atoms. The van der Waals surface area contributed by atoms with Crippen molar-refractivity contribution in [1.29, 1.82) is 0 Å². The van der Waals surface area contributed by atoms with Gasteiger partial charge in [-0.3, -0.25) is 5.32 Å². The molecule has 2 fully saturated rings. The van der Waals surface area contributed by atoms with Gasteiger partial charge in [-0.05, 0) is 24.3 Å². The SMILES string of the molecule is O=C(Nc1nc2c(s1)[C@@H]1COC[C@H](C2)N1c1nc(-c2ccc(F)cc2)no1)N[C@@H]1CCOC1=O. The number of amides is 2. The van der Waals surface area contributed by atoms with E-state index < -0.39 is 18.0 Å². The number of nitrogens with one attached hydrogen (secondary N) is 2. The number of rotatable bonds is 4. The zero-order valence-corrected chi connectivity index (χ0v) is 18.5. The average molecular weight is 486 g/mol. The Morgan fingerprint density at radius 3 is 2.85 bits per heavy atom. The third-order valence-corrected chi connectivity index (χ3v) is 7.09. The zero-order chi connectivity index (χ0) is 23.2. The molecule has 2 saturated heterocycles. The van der Waals surface area contributed by atoms with Crippen molar-refractivity contribution in [1.82, 2.24) is 20.4 Å². The van der Waals surface area contributed by atoms with Crippen LogP contribution in [0.5, 0.6) is 0 Å². The zero-order valence-electron chi connectivity index (χ0n) is 17.7. The van der Waals surface area contributed by atoms with E-state index in [1.165, 1.54) is 23.5 Å². The number of hydrogen-bond donors (Lipinski definition) is 2. The molecule has 0 radical (unpaired) electrons. The molecule has 11 nitrogen and oxygen atoms in total. The molecule has 2 amide bonds. The first-order chi connectivity index (χ1) is 16.5. The van der Waals surface area contributed by atoms with Crippen LogP contribution in [-0.4, -0.2) is 59.0 Å². The monoisotopic (exact) mass is 486 g/mol. The fraction of sp³-hybridized carbons (Fsp3) is 0.381. The number of nitrogens with zero attached hydrogens (tertiary/aromatic N) is 4. The van der Waals surface area contributed by atoms with Crippen molar-refractivity contribution >= 4 is 34.5 Å². The molecule has 3 aliphatic rings. The fourth-order valence-corrected chi connectivity index (χ4v) is 5.45. The van der Waals surface area contributed by atoms with E-state index in [1.807, 2.05) is 4.90 Å². The Labute approximate surface area is 196 Å². The van der Waals surface area contributed by atoms with E-state index in [0.29, 0.717) is 55.2 Å². The summed E-state index contributed by atoms with van der Waals surface area (Å²) in [6, 6.07) is 4.81. The topological polar surface area (TPSA) is 132 Å². The Bertz CT molecular complexity index is 1250. The van der Waals surface area contributed by atoms with Gasteiger partial charge in [-0.15, -0.1) is 0 Å². The maximum absolute atomic E-state index is 13.3. The van der Waals surface area contributed by atoms with Crippen LogP contribution in [0, 0.1) is 5.82 Å². The van der Waals surface area contributed by atoms with Gasteiger partial charge in [0, 0.05) is 18.4 Å². The number of anilines is 2. The minimum absolute atomic E-state index is 0.0650.